The van der Waals surface area contributed by atoms with Crippen LogP contribution in [-0.4, -0.2) is 33.0 Å². The highest BCUT2D eigenvalue weighted by Gasteiger charge is 2.24. The fourth-order valence-corrected chi connectivity index (χ4v) is 3.05. The zero-order valence-electron chi connectivity index (χ0n) is 14.9. The Bertz CT molecular complexity index is 1280. The van der Waals surface area contributed by atoms with Gasteiger partial charge in [-0.1, -0.05) is 0 Å². The van der Waals surface area contributed by atoms with E-state index >= 15 is 0 Å². The van der Waals surface area contributed by atoms with Crippen LogP contribution in [0.15, 0.2) is 45.9 Å². The zero-order chi connectivity index (χ0) is 20.0. The van der Waals surface area contributed by atoms with E-state index in [4.69, 9.17) is 4.42 Å². The van der Waals surface area contributed by atoms with Crippen LogP contribution < -0.4 is 5.56 Å². The van der Waals surface area contributed by atoms with Crippen LogP contribution in [0, 0.1) is 11.6 Å². The molecule has 4 aromatic rings. The molecule has 2 aromatic carbocycles. The molecule has 2 aromatic heterocycles. The van der Waals surface area contributed by atoms with Crippen LogP contribution in [0.2, 0.25) is 0 Å². The number of carbonyl (C=O) groups is 1. The lowest BCUT2D eigenvalue weighted by Gasteiger charge is -2.25. The van der Waals surface area contributed by atoms with Gasteiger partial charge >= 0.3 is 0 Å². The van der Waals surface area contributed by atoms with Crippen molar-refractivity contribution in [1.82, 2.24) is 20.1 Å². The second-order valence-corrected chi connectivity index (χ2v) is 6.38. The average molecular weight is 384 g/mol. The summed E-state index contributed by atoms with van der Waals surface area (Å²) in [5, 5.41) is 6.33. The number of halogens is 2. The molecule has 0 radical (unpaired) electrons. The maximum Gasteiger partial charge on any atom is 0.272 e. The van der Waals surface area contributed by atoms with Crippen LogP contribution in [0.4, 0.5) is 8.78 Å². The Hall–Kier alpha value is -3.62. The zero-order valence-corrected chi connectivity index (χ0v) is 14.9. The molecule has 0 bridgehead atoms. The van der Waals surface area contributed by atoms with Crippen LogP contribution in [-0.2, 0) is 0 Å². The predicted octanol–water partition coefficient (Wildman–Crippen LogP) is 3.18. The third-order valence-electron chi connectivity index (χ3n) is 4.73. The first-order chi connectivity index (χ1) is 13.4. The number of H-pyrrole nitrogens is 1. The number of nitrogens with one attached hydrogen (secondary N) is 1. The van der Waals surface area contributed by atoms with E-state index in [9.17, 15) is 18.4 Å². The molecule has 1 N–H and O–H groups in total. The second-order valence-electron chi connectivity index (χ2n) is 6.38. The Balaban J connectivity index is 1.75. The molecule has 0 saturated carbocycles. The lowest BCUT2D eigenvalue weighted by Crippen LogP contribution is -2.31. The fourth-order valence-electron chi connectivity index (χ4n) is 3.05. The molecule has 142 valence electrons. The summed E-state index contributed by atoms with van der Waals surface area (Å²) in [6.07, 6.45) is 1.29. The standard InChI is InChI=1S/C19H14F2N4O3/c1-9(17-11-6-13(20)14(21)7-12(11)18(26)24-23-17)25(2)19(27)10-3-4-15-16(5-10)28-8-22-15/h3-9H,1-2H3,(H,24,26)/t9-/m0/s1. The second kappa shape index (κ2) is 6.52. The summed E-state index contributed by atoms with van der Waals surface area (Å²) >= 11 is 0. The van der Waals surface area contributed by atoms with Gasteiger partial charge in [-0.2, -0.15) is 5.10 Å². The first-order valence-electron chi connectivity index (χ1n) is 8.34. The van der Waals surface area contributed by atoms with Crippen molar-refractivity contribution in [2.75, 3.05) is 7.05 Å². The van der Waals surface area contributed by atoms with Gasteiger partial charge in [0.25, 0.3) is 11.5 Å². The van der Waals surface area contributed by atoms with Gasteiger partial charge in [0.15, 0.2) is 23.6 Å². The van der Waals surface area contributed by atoms with Gasteiger partial charge < -0.3 is 9.32 Å². The third-order valence-corrected chi connectivity index (χ3v) is 4.73. The highest BCUT2D eigenvalue weighted by Crippen LogP contribution is 2.26. The highest BCUT2D eigenvalue weighted by atomic mass is 19.2. The minimum Gasteiger partial charge on any atom is -0.443 e. The van der Waals surface area contributed by atoms with Crippen molar-refractivity contribution in [3.05, 3.63) is 70.0 Å². The molecule has 0 aliphatic heterocycles. The quantitative estimate of drug-likeness (QED) is 0.586. The molecule has 28 heavy (non-hydrogen) atoms. The fraction of sp³-hybridized carbons (Fsp3) is 0.158. The Morgan fingerprint density at radius 1 is 1.18 bits per heavy atom. The van der Waals surface area contributed by atoms with Crippen molar-refractivity contribution in [3.8, 4) is 0 Å². The summed E-state index contributed by atoms with van der Waals surface area (Å²) in [4.78, 5) is 30.2. The van der Waals surface area contributed by atoms with Crippen molar-refractivity contribution in [2.24, 2.45) is 0 Å². The maximum absolute atomic E-state index is 13.8. The average Bonchev–Trinajstić information content (AvgIpc) is 3.16. The molecule has 0 spiro atoms. The molecule has 1 amide bonds. The normalized spacial score (nSPS) is 12.4. The monoisotopic (exact) mass is 384 g/mol. The minimum absolute atomic E-state index is 0.0420. The van der Waals surface area contributed by atoms with Crippen molar-refractivity contribution < 1.29 is 18.0 Å². The van der Waals surface area contributed by atoms with Gasteiger partial charge in [-0.15, -0.1) is 0 Å². The molecule has 7 nitrogen and oxygen atoms in total. The van der Waals surface area contributed by atoms with Crippen molar-refractivity contribution >= 4 is 27.8 Å². The van der Waals surface area contributed by atoms with Gasteiger partial charge in [-0.05, 0) is 37.3 Å². The van der Waals surface area contributed by atoms with Crippen molar-refractivity contribution in [2.45, 2.75) is 13.0 Å². The van der Waals surface area contributed by atoms with Crippen molar-refractivity contribution in [3.63, 3.8) is 0 Å². The van der Waals surface area contributed by atoms with Crippen LogP contribution >= 0.6 is 0 Å². The van der Waals surface area contributed by atoms with Crippen LogP contribution in [0.5, 0.6) is 0 Å². The maximum atomic E-state index is 13.8. The first-order valence-corrected chi connectivity index (χ1v) is 8.34. The number of carbonyl (C=O) groups excluding carboxylic acids is 1. The molecule has 0 saturated heterocycles. The number of nitrogens with zero attached hydrogens (tertiary/aromatic N) is 3. The Morgan fingerprint density at radius 2 is 1.89 bits per heavy atom. The summed E-state index contributed by atoms with van der Waals surface area (Å²) in [6.45, 7) is 1.67. The van der Waals surface area contributed by atoms with E-state index < -0.39 is 23.2 Å². The molecule has 0 aliphatic carbocycles. The van der Waals surface area contributed by atoms with E-state index in [0.717, 1.165) is 12.1 Å². The summed E-state index contributed by atoms with van der Waals surface area (Å²) < 4.78 is 32.5. The molecule has 4 rings (SSSR count). The van der Waals surface area contributed by atoms with Gasteiger partial charge in [0, 0.05) is 18.0 Å². The van der Waals surface area contributed by atoms with Gasteiger partial charge in [-0.3, -0.25) is 9.59 Å². The van der Waals surface area contributed by atoms with Crippen LogP contribution in [0.25, 0.3) is 21.9 Å². The highest BCUT2D eigenvalue weighted by molar-refractivity contribution is 5.97. The van der Waals surface area contributed by atoms with Gasteiger partial charge in [0.2, 0.25) is 0 Å². The summed E-state index contributed by atoms with van der Waals surface area (Å²) in [5.74, 6) is -2.57. The Morgan fingerprint density at radius 3 is 2.64 bits per heavy atom. The van der Waals surface area contributed by atoms with E-state index in [1.54, 1.807) is 32.2 Å². The van der Waals surface area contributed by atoms with E-state index in [0.29, 0.717) is 16.7 Å². The predicted molar refractivity (Wildman–Crippen MR) is 96.8 cm³/mol. The lowest BCUT2D eigenvalue weighted by atomic mass is 10.0. The number of aromatic amines is 1. The largest absolute Gasteiger partial charge is 0.443 e. The Labute approximate surface area is 156 Å². The molecule has 0 aliphatic rings. The number of rotatable bonds is 3. The minimum atomic E-state index is -1.13. The Kier molecular flexibility index (Phi) is 4.14. The van der Waals surface area contributed by atoms with Gasteiger partial charge in [-0.25, -0.2) is 18.9 Å². The number of hydrogen-bond acceptors (Lipinski definition) is 5. The van der Waals surface area contributed by atoms with E-state index in [-0.39, 0.29) is 22.4 Å². The number of amides is 1. The molecule has 0 fully saturated rings. The number of benzene rings is 2. The summed E-state index contributed by atoms with van der Waals surface area (Å²) in [7, 11) is 1.55. The SMILES string of the molecule is C[C@@H](c1n[nH]c(=O)c2cc(F)c(F)cc12)N(C)C(=O)c1ccc2ncoc2c1. The first kappa shape index (κ1) is 17.8. The van der Waals surface area contributed by atoms with E-state index in [1.165, 1.54) is 11.3 Å². The molecular weight excluding hydrogens is 370 g/mol. The topological polar surface area (TPSA) is 92.1 Å². The van der Waals surface area contributed by atoms with Gasteiger partial charge in [0.1, 0.15) is 5.52 Å². The van der Waals surface area contributed by atoms with E-state index in [2.05, 4.69) is 15.2 Å². The molecule has 0 unspecified atom stereocenters. The number of hydrogen-bond donors (Lipinski definition) is 1. The lowest BCUT2D eigenvalue weighted by molar-refractivity contribution is 0.0740. The third kappa shape index (κ3) is 2.81. The van der Waals surface area contributed by atoms with Crippen LogP contribution in [0.1, 0.15) is 29.0 Å². The molecular formula is C19H14F2N4O3. The van der Waals surface area contributed by atoms with E-state index in [1.807, 2.05) is 0 Å². The van der Waals surface area contributed by atoms with Crippen LogP contribution in [0.3, 0.4) is 0 Å². The molecule has 1 atom stereocenters. The number of oxazole rings is 1. The summed E-state index contributed by atoms with van der Waals surface area (Å²) in [6, 6.07) is 5.95. The number of aromatic nitrogens is 3. The van der Waals surface area contributed by atoms with Crippen molar-refractivity contribution in [1.29, 1.82) is 0 Å². The molecule has 2 heterocycles. The number of fused-ring (bicyclic) bond motifs is 2. The smallest absolute Gasteiger partial charge is 0.272 e. The van der Waals surface area contributed by atoms with Gasteiger partial charge in [0.05, 0.1) is 17.1 Å². The summed E-state index contributed by atoms with van der Waals surface area (Å²) in [5.41, 5.74) is 1.05. The molecule has 9 heteroatoms.